The predicted molar refractivity (Wildman–Crippen MR) is 93.1 cm³/mol. The van der Waals surface area contributed by atoms with E-state index in [0.29, 0.717) is 18.1 Å². The molecule has 24 heavy (non-hydrogen) atoms. The van der Waals surface area contributed by atoms with Crippen molar-refractivity contribution in [2.24, 2.45) is 0 Å². The minimum atomic E-state index is -0.444. The van der Waals surface area contributed by atoms with Crippen molar-refractivity contribution >= 4 is 5.82 Å². The fourth-order valence-electron chi connectivity index (χ4n) is 2.70. The Balaban J connectivity index is 1.69. The molecule has 7 nitrogen and oxygen atoms in total. The minimum absolute atomic E-state index is 0.350. The molecule has 0 saturated carbocycles. The molecular weight excluding hydrogens is 308 g/mol. The first kappa shape index (κ1) is 16.5. The Bertz CT molecular complexity index is 757. The van der Waals surface area contributed by atoms with Crippen LogP contribution >= 0.6 is 0 Å². The van der Waals surface area contributed by atoms with Gasteiger partial charge in [-0.25, -0.2) is 9.36 Å². The maximum absolute atomic E-state index is 12.3. The zero-order valence-electron chi connectivity index (χ0n) is 13.7. The van der Waals surface area contributed by atoms with E-state index >= 15 is 0 Å². The average Bonchev–Trinajstić information content (AvgIpc) is 2.57. The summed E-state index contributed by atoms with van der Waals surface area (Å²) in [5.74, 6) is 0.446. The van der Waals surface area contributed by atoms with Crippen molar-refractivity contribution in [1.82, 2.24) is 14.5 Å². The lowest BCUT2D eigenvalue weighted by Crippen LogP contribution is -2.39. The van der Waals surface area contributed by atoms with E-state index in [2.05, 4.69) is 15.2 Å². The first-order valence-corrected chi connectivity index (χ1v) is 8.11. The van der Waals surface area contributed by atoms with Crippen molar-refractivity contribution in [3.8, 4) is 5.69 Å². The van der Waals surface area contributed by atoms with E-state index in [9.17, 15) is 9.59 Å². The number of aromatic amines is 1. The van der Waals surface area contributed by atoms with Crippen molar-refractivity contribution in [3.05, 3.63) is 56.7 Å². The number of H-pyrrole nitrogens is 1. The fraction of sp³-hybridized carbons (Fsp3) is 0.412. The number of morpholine rings is 1. The Morgan fingerprint density at radius 1 is 1.17 bits per heavy atom. The molecule has 1 aromatic carbocycles. The van der Waals surface area contributed by atoms with Gasteiger partial charge in [-0.1, -0.05) is 17.7 Å². The zero-order chi connectivity index (χ0) is 16.9. The van der Waals surface area contributed by atoms with Gasteiger partial charge in [0.05, 0.1) is 18.9 Å². The van der Waals surface area contributed by atoms with Crippen LogP contribution in [0.15, 0.2) is 39.9 Å². The Morgan fingerprint density at radius 2 is 1.88 bits per heavy atom. The van der Waals surface area contributed by atoms with Gasteiger partial charge in [-0.2, -0.15) is 0 Å². The molecule has 3 rings (SSSR count). The van der Waals surface area contributed by atoms with Crippen molar-refractivity contribution in [2.45, 2.75) is 6.92 Å². The third kappa shape index (κ3) is 3.93. The number of benzene rings is 1. The Kier molecular flexibility index (Phi) is 5.12. The fourth-order valence-corrected chi connectivity index (χ4v) is 2.70. The largest absolute Gasteiger partial charge is 0.379 e. The van der Waals surface area contributed by atoms with Crippen molar-refractivity contribution < 1.29 is 4.74 Å². The summed E-state index contributed by atoms with van der Waals surface area (Å²) in [5, 5.41) is 3.11. The van der Waals surface area contributed by atoms with Crippen molar-refractivity contribution in [3.63, 3.8) is 0 Å². The van der Waals surface area contributed by atoms with Crippen LogP contribution in [0.4, 0.5) is 5.82 Å². The smallest absolute Gasteiger partial charge is 0.334 e. The van der Waals surface area contributed by atoms with Gasteiger partial charge in [-0.05, 0) is 19.1 Å². The van der Waals surface area contributed by atoms with E-state index in [1.807, 2.05) is 19.1 Å². The molecule has 7 heteroatoms. The van der Waals surface area contributed by atoms with Crippen LogP contribution in [0.2, 0.25) is 0 Å². The molecule has 1 aliphatic heterocycles. The molecule has 1 fully saturated rings. The lowest BCUT2D eigenvalue weighted by Gasteiger charge is -2.26. The molecule has 0 unspecified atom stereocenters. The van der Waals surface area contributed by atoms with Gasteiger partial charge in [0.1, 0.15) is 5.82 Å². The van der Waals surface area contributed by atoms with Crippen molar-refractivity contribution in [1.29, 1.82) is 0 Å². The number of ether oxygens (including phenoxy) is 1. The molecular formula is C17H22N4O3. The van der Waals surface area contributed by atoms with E-state index in [1.165, 1.54) is 6.07 Å². The molecule has 0 atom stereocenters. The minimum Gasteiger partial charge on any atom is -0.379 e. The van der Waals surface area contributed by atoms with Crippen LogP contribution in [0.3, 0.4) is 0 Å². The van der Waals surface area contributed by atoms with E-state index in [-0.39, 0.29) is 5.56 Å². The van der Waals surface area contributed by atoms with E-state index in [4.69, 9.17) is 4.74 Å². The quantitative estimate of drug-likeness (QED) is 0.838. The molecule has 128 valence electrons. The lowest BCUT2D eigenvalue weighted by atomic mass is 10.2. The van der Waals surface area contributed by atoms with E-state index in [0.717, 1.165) is 43.0 Å². The van der Waals surface area contributed by atoms with Gasteiger partial charge >= 0.3 is 5.69 Å². The number of hydrogen-bond donors (Lipinski definition) is 2. The normalized spacial score (nSPS) is 15.4. The Hall–Kier alpha value is -2.38. The van der Waals surface area contributed by atoms with E-state index in [1.54, 1.807) is 12.1 Å². The highest BCUT2D eigenvalue weighted by atomic mass is 16.5. The Morgan fingerprint density at radius 3 is 2.54 bits per heavy atom. The summed E-state index contributed by atoms with van der Waals surface area (Å²) < 4.78 is 6.44. The molecule has 2 heterocycles. The second-order valence-corrected chi connectivity index (χ2v) is 5.88. The molecule has 0 spiro atoms. The number of aromatic nitrogens is 2. The number of anilines is 1. The second kappa shape index (κ2) is 7.46. The number of hydrogen-bond acceptors (Lipinski definition) is 5. The summed E-state index contributed by atoms with van der Waals surface area (Å²) in [6, 6.07) is 8.68. The summed E-state index contributed by atoms with van der Waals surface area (Å²) >= 11 is 0. The monoisotopic (exact) mass is 330 g/mol. The molecule has 1 saturated heterocycles. The summed E-state index contributed by atoms with van der Waals surface area (Å²) in [5.41, 5.74) is 0.841. The molecule has 0 bridgehead atoms. The first-order valence-electron chi connectivity index (χ1n) is 8.11. The van der Waals surface area contributed by atoms with Crippen LogP contribution in [-0.2, 0) is 4.74 Å². The molecule has 0 radical (unpaired) electrons. The highest BCUT2D eigenvalue weighted by Crippen LogP contribution is 2.05. The summed E-state index contributed by atoms with van der Waals surface area (Å²) in [6.45, 7) is 6.78. The first-order chi connectivity index (χ1) is 11.6. The molecule has 0 aliphatic carbocycles. The topological polar surface area (TPSA) is 79.4 Å². The number of rotatable bonds is 5. The standard InChI is InChI=1S/C17H22N4O3/c1-13-2-4-14(5-3-13)21-16(22)12-15(19-17(21)23)18-6-7-20-8-10-24-11-9-20/h2-5,12,18H,6-11H2,1H3,(H,19,23). The molecule has 1 aliphatic rings. The van der Waals surface area contributed by atoms with Crippen LogP contribution in [-0.4, -0.2) is 53.8 Å². The molecule has 1 aromatic heterocycles. The number of aryl methyl sites for hydroxylation is 1. The SMILES string of the molecule is Cc1ccc(-n2c(=O)cc(NCCN3CCOCC3)[nH]c2=O)cc1. The van der Waals surface area contributed by atoms with Gasteiger partial charge in [0, 0.05) is 32.2 Å². The number of nitrogens with zero attached hydrogens (tertiary/aromatic N) is 2. The predicted octanol–water partition coefficient (Wildman–Crippen LogP) is 0.578. The third-order valence-corrected chi connectivity index (χ3v) is 4.07. The average molecular weight is 330 g/mol. The highest BCUT2D eigenvalue weighted by molar-refractivity contribution is 5.37. The number of nitrogens with one attached hydrogen (secondary N) is 2. The maximum atomic E-state index is 12.3. The summed E-state index contributed by atoms with van der Waals surface area (Å²) in [4.78, 5) is 29.5. The zero-order valence-corrected chi connectivity index (χ0v) is 13.7. The third-order valence-electron chi connectivity index (χ3n) is 4.07. The summed E-state index contributed by atoms with van der Waals surface area (Å²) in [7, 11) is 0. The summed E-state index contributed by atoms with van der Waals surface area (Å²) in [6.07, 6.45) is 0. The lowest BCUT2D eigenvalue weighted by molar-refractivity contribution is 0.0398. The van der Waals surface area contributed by atoms with Crippen LogP contribution in [0, 0.1) is 6.92 Å². The van der Waals surface area contributed by atoms with Gasteiger partial charge in [0.25, 0.3) is 5.56 Å². The molecule has 2 N–H and O–H groups in total. The van der Waals surface area contributed by atoms with E-state index < -0.39 is 5.69 Å². The Labute approximate surface area is 139 Å². The molecule has 0 amide bonds. The maximum Gasteiger partial charge on any atom is 0.334 e. The van der Waals surface area contributed by atoms with Gasteiger partial charge in [-0.15, -0.1) is 0 Å². The van der Waals surface area contributed by atoms with Crippen LogP contribution in [0.1, 0.15) is 5.56 Å². The van der Waals surface area contributed by atoms with Crippen LogP contribution < -0.4 is 16.6 Å². The van der Waals surface area contributed by atoms with Gasteiger partial charge in [0.15, 0.2) is 0 Å². The van der Waals surface area contributed by atoms with Crippen LogP contribution in [0.25, 0.3) is 5.69 Å². The molecule has 2 aromatic rings. The highest BCUT2D eigenvalue weighted by Gasteiger charge is 2.10. The van der Waals surface area contributed by atoms with Gasteiger partial charge in [0.2, 0.25) is 0 Å². The second-order valence-electron chi connectivity index (χ2n) is 5.88. The van der Waals surface area contributed by atoms with Crippen molar-refractivity contribution in [2.75, 3.05) is 44.7 Å². The van der Waals surface area contributed by atoms with Gasteiger partial charge < -0.3 is 10.1 Å². The van der Waals surface area contributed by atoms with Gasteiger partial charge in [-0.3, -0.25) is 14.7 Å². The van der Waals surface area contributed by atoms with Crippen LogP contribution in [0.5, 0.6) is 0 Å².